The topological polar surface area (TPSA) is 168 Å². The minimum atomic E-state index is -0.555. The second kappa shape index (κ2) is 36.2. The molecule has 13 nitrogen and oxygen atoms in total. The Balaban J connectivity index is 0.000000809. The molecule has 2 unspecified atom stereocenters. The highest BCUT2D eigenvalue weighted by Gasteiger charge is 2.32. The first-order valence-corrected chi connectivity index (χ1v) is 22.1. The van der Waals surface area contributed by atoms with Crippen molar-refractivity contribution in [2.45, 2.75) is 131 Å². The fraction of sp³-hybridized carbons (Fsp3) is 0.531. The number of nitrogens with zero attached hydrogens (tertiary/aromatic N) is 2. The summed E-state index contributed by atoms with van der Waals surface area (Å²) in [6.45, 7) is 14.7. The number of piperidine rings is 1. The van der Waals surface area contributed by atoms with Crippen LogP contribution in [0.25, 0.3) is 10.9 Å². The molecule has 62 heavy (non-hydrogen) atoms. The Morgan fingerprint density at radius 1 is 0.806 bits per heavy atom. The van der Waals surface area contributed by atoms with Crippen molar-refractivity contribution in [3.8, 4) is 0 Å². The van der Waals surface area contributed by atoms with Crippen LogP contribution in [-0.4, -0.2) is 96.9 Å². The number of aromatic nitrogens is 1. The van der Waals surface area contributed by atoms with Gasteiger partial charge in [-0.2, -0.15) is 4.73 Å². The molecule has 0 spiro atoms. The molecule has 2 aliphatic rings. The third kappa shape index (κ3) is 24.1. The molecule has 2 aliphatic heterocycles. The molecule has 2 fully saturated rings. The van der Waals surface area contributed by atoms with Crippen LogP contribution >= 0.6 is 0 Å². The molecule has 2 aromatic carbocycles. The molecular weight excluding hydrogens is 787 g/mol. The lowest BCUT2D eigenvalue weighted by molar-refractivity contribution is -0.148. The lowest BCUT2D eigenvalue weighted by Crippen LogP contribution is -2.56. The van der Waals surface area contributed by atoms with Crippen molar-refractivity contribution in [3.63, 3.8) is 0 Å². The predicted molar refractivity (Wildman–Crippen MR) is 250 cm³/mol. The molecule has 0 saturated carbocycles. The number of aliphatic hydroxyl groups excluding tert-OH is 1. The standard InChI is InChI=1S/C16H24O2.C12H18N4O4.C10H11NO.C6H10.C4H10.CH4O/c1-3-5-7-12-15(4-2)18-16(17)13-14-10-8-6-9-11-14;17-9-5-13-10(18)6-15-12(20)8-3-1-2-4-16(8)11(19)7-14-9;1-8-7-11(12-2)10-6-4-3-5-9(8)10;1-3-5-6-4-2;1-3-4-2;1-2/h6,8-11,15H,3-5,7,12-13H2,1-2H3;8H,1-7H2,(H,13,18)(H,14,17)(H,15,20);3-7H,1-2H3;3-6H,1-2H3;3-4H2,1-2H3;2H,1H3/b;;;5-3-,6-4-;;. The molecule has 1 aromatic heterocycles. The van der Waals surface area contributed by atoms with E-state index < -0.39 is 17.9 Å². The first kappa shape index (κ1) is 56.6. The molecule has 5 rings (SSSR count). The molecule has 13 heteroatoms. The van der Waals surface area contributed by atoms with Gasteiger partial charge in [-0.25, -0.2) is 0 Å². The number of para-hydroxylation sites is 1. The fourth-order valence-corrected chi connectivity index (χ4v) is 6.01. The van der Waals surface area contributed by atoms with Gasteiger partial charge in [-0.15, -0.1) is 0 Å². The van der Waals surface area contributed by atoms with Gasteiger partial charge in [-0.1, -0.05) is 126 Å². The van der Waals surface area contributed by atoms with Crippen molar-refractivity contribution in [1.82, 2.24) is 25.6 Å². The molecule has 3 heterocycles. The zero-order chi connectivity index (χ0) is 46.5. The normalized spacial score (nSPS) is 15.5. The second-order valence-electron chi connectivity index (χ2n) is 14.4. The first-order chi connectivity index (χ1) is 30.0. The van der Waals surface area contributed by atoms with Crippen molar-refractivity contribution in [2.24, 2.45) is 0 Å². The van der Waals surface area contributed by atoms with Gasteiger partial charge in [0.05, 0.1) is 31.6 Å². The number of benzene rings is 2. The van der Waals surface area contributed by atoms with Crippen molar-refractivity contribution in [3.05, 3.63) is 96.2 Å². The van der Waals surface area contributed by atoms with Crippen LogP contribution in [0.4, 0.5) is 0 Å². The largest absolute Gasteiger partial charge is 0.462 e. The number of hydrogen-bond acceptors (Lipinski definition) is 8. The predicted octanol–water partition coefficient (Wildman–Crippen LogP) is 7.42. The molecule has 3 aromatic rings. The molecule has 0 aliphatic carbocycles. The van der Waals surface area contributed by atoms with E-state index in [1.54, 1.807) is 11.8 Å². The fourth-order valence-electron chi connectivity index (χ4n) is 6.01. The summed E-state index contributed by atoms with van der Waals surface area (Å²) < 4.78 is 7.29. The van der Waals surface area contributed by atoms with Crippen LogP contribution in [0.3, 0.4) is 0 Å². The Labute approximate surface area is 371 Å². The summed E-state index contributed by atoms with van der Waals surface area (Å²) in [5.74, 6) is -1.55. The van der Waals surface area contributed by atoms with Gasteiger partial charge < -0.3 is 35.5 Å². The van der Waals surface area contributed by atoms with E-state index in [-0.39, 0.29) is 43.5 Å². The van der Waals surface area contributed by atoms with E-state index in [0.29, 0.717) is 19.4 Å². The summed E-state index contributed by atoms with van der Waals surface area (Å²) in [4.78, 5) is 65.4. The number of allylic oxidation sites excluding steroid dienone is 4. The van der Waals surface area contributed by atoms with Crippen LogP contribution in [0, 0.1) is 6.92 Å². The average Bonchev–Trinajstić information content (AvgIpc) is 3.64. The summed E-state index contributed by atoms with van der Waals surface area (Å²) in [5, 5.41) is 15.6. The van der Waals surface area contributed by atoms with Crippen LogP contribution in [0.1, 0.15) is 117 Å². The number of fused-ring (bicyclic) bond motifs is 2. The Hall–Kier alpha value is -5.43. The molecule has 4 amide bonds. The summed E-state index contributed by atoms with van der Waals surface area (Å²) in [6.07, 6.45) is 20.8. The van der Waals surface area contributed by atoms with Gasteiger partial charge in [0.1, 0.15) is 19.3 Å². The summed E-state index contributed by atoms with van der Waals surface area (Å²) in [6, 6.07) is 17.4. The number of aryl methyl sites for hydroxylation is 1. The highest BCUT2D eigenvalue weighted by molar-refractivity contribution is 5.94. The van der Waals surface area contributed by atoms with E-state index in [4.69, 9.17) is 14.7 Å². The molecular formula is C49H77N5O8. The van der Waals surface area contributed by atoms with E-state index >= 15 is 0 Å². The lowest BCUT2D eigenvalue weighted by Gasteiger charge is -2.35. The van der Waals surface area contributed by atoms with E-state index in [9.17, 15) is 24.0 Å². The number of nitrogens with one attached hydrogen (secondary N) is 3. The van der Waals surface area contributed by atoms with Crippen molar-refractivity contribution < 1.29 is 38.7 Å². The number of rotatable bonds is 11. The van der Waals surface area contributed by atoms with Gasteiger partial charge in [0, 0.05) is 25.2 Å². The zero-order valence-electron chi connectivity index (χ0n) is 39.0. The number of esters is 1. The number of aliphatic hydroxyl groups is 1. The minimum Gasteiger partial charge on any atom is -0.462 e. The molecule has 4 N–H and O–H groups in total. The molecule has 2 atom stereocenters. The molecule has 0 radical (unpaired) electrons. The van der Waals surface area contributed by atoms with E-state index in [2.05, 4.69) is 56.6 Å². The SMILES string of the molecule is C/C=C\C=C/C.CCCC.CCCCCC(CC)OC(=O)Cc1ccccc1.CO.COn1cc(C)c2ccccc21.O=C1CNC(=O)CNC(=O)C2CCCCN2C(=O)CN1. The van der Waals surface area contributed by atoms with Crippen LogP contribution in [0.15, 0.2) is 85.1 Å². The third-order valence-corrected chi connectivity index (χ3v) is 9.58. The smallest absolute Gasteiger partial charge is 0.310 e. The number of amides is 4. The lowest BCUT2D eigenvalue weighted by atomic mass is 10.0. The van der Waals surface area contributed by atoms with Crippen molar-refractivity contribution in [2.75, 3.05) is 40.4 Å². The minimum absolute atomic E-state index is 0.0905. The number of hydrogen-bond donors (Lipinski definition) is 4. The molecule has 0 bridgehead atoms. The highest BCUT2D eigenvalue weighted by Crippen LogP contribution is 2.19. The zero-order valence-corrected chi connectivity index (χ0v) is 39.0. The van der Waals surface area contributed by atoms with Gasteiger partial charge in [0.25, 0.3) is 0 Å². The molecule has 2 saturated heterocycles. The van der Waals surface area contributed by atoms with Crippen molar-refractivity contribution >= 4 is 40.5 Å². The summed E-state index contributed by atoms with van der Waals surface area (Å²) in [7, 11) is 2.67. The number of carbonyl (C=O) groups is 5. The second-order valence-corrected chi connectivity index (χ2v) is 14.4. The number of carbonyl (C=O) groups excluding carboxylic acids is 5. The Morgan fingerprint density at radius 2 is 1.40 bits per heavy atom. The maximum atomic E-state index is 12.1. The maximum Gasteiger partial charge on any atom is 0.310 e. The quantitative estimate of drug-likeness (QED) is 0.0878. The highest BCUT2D eigenvalue weighted by atomic mass is 16.6. The third-order valence-electron chi connectivity index (χ3n) is 9.58. The van der Waals surface area contributed by atoms with Crippen molar-refractivity contribution in [1.29, 1.82) is 0 Å². The Kier molecular flexibility index (Phi) is 33.1. The van der Waals surface area contributed by atoms with Crippen LogP contribution in [0.2, 0.25) is 0 Å². The van der Waals surface area contributed by atoms with E-state index in [1.807, 2.05) is 92.9 Å². The first-order valence-electron chi connectivity index (χ1n) is 22.1. The van der Waals surface area contributed by atoms with Gasteiger partial charge >= 0.3 is 5.97 Å². The number of unbranched alkanes of at least 4 members (excludes halogenated alkanes) is 3. The summed E-state index contributed by atoms with van der Waals surface area (Å²) in [5.41, 5.74) is 3.39. The summed E-state index contributed by atoms with van der Waals surface area (Å²) >= 11 is 0. The Morgan fingerprint density at radius 3 is 1.98 bits per heavy atom. The van der Waals surface area contributed by atoms with Crippen LogP contribution in [0.5, 0.6) is 0 Å². The maximum absolute atomic E-state index is 12.1. The van der Waals surface area contributed by atoms with Gasteiger partial charge in [-0.05, 0) is 76.5 Å². The molecule has 346 valence electrons. The van der Waals surface area contributed by atoms with E-state index in [1.165, 1.54) is 41.5 Å². The van der Waals surface area contributed by atoms with Gasteiger partial charge in [0.15, 0.2) is 0 Å². The monoisotopic (exact) mass is 864 g/mol. The number of ether oxygens (including phenoxy) is 1. The van der Waals surface area contributed by atoms with Gasteiger partial charge in [0.2, 0.25) is 23.6 Å². The van der Waals surface area contributed by atoms with Crippen LogP contribution in [-0.2, 0) is 35.1 Å². The van der Waals surface area contributed by atoms with Gasteiger partial charge in [-0.3, -0.25) is 24.0 Å². The van der Waals surface area contributed by atoms with Crippen LogP contribution < -0.4 is 20.8 Å². The average molecular weight is 864 g/mol. The Bertz CT molecular complexity index is 1690. The van der Waals surface area contributed by atoms with E-state index in [0.717, 1.165) is 50.3 Å².